The zero-order valence-electron chi connectivity index (χ0n) is 13.6. The average molecular weight is 286 g/mol. The minimum atomic E-state index is -0.363. The summed E-state index contributed by atoms with van der Waals surface area (Å²) in [5.74, 6) is 0. The molecule has 1 unspecified atom stereocenters. The molecule has 0 saturated carbocycles. The lowest BCUT2D eigenvalue weighted by Gasteiger charge is -2.13. The van der Waals surface area contributed by atoms with E-state index in [2.05, 4.69) is 57.1 Å². The number of aliphatic hydroxyl groups excluding tert-OH is 1. The van der Waals surface area contributed by atoms with Gasteiger partial charge in [-0.3, -0.25) is 4.68 Å². The van der Waals surface area contributed by atoms with E-state index in [9.17, 15) is 5.11 Å². The smallest absolute Gasteiger partial charge is 0.0635 e. The van der Waals surface area contributed by atoms with Crippen molar-refractivity contribution in [1.29, 1.82) is 0 Å². The first kappa shape index (κ1) is 15.8. The molecule has 0 saturated heterocycles. The quantitative estimate of drug-likeness (QED) is 0.885. The molecule has 0 fully saturated rings. The second-order valence-corrected chi connectivity index (χ2v) is 5.85. The molecule has 1 heterocycles. The van der Waals surface area contributed by atoms with Crippen molar-refractivity contribution in [2.75, 3.05) is 0 Å². The van der Waals surface area contributed by atoms with Crippen LogP contribution in [0.5, 0.6) is 0 Å². The molecule has 1 atom stereocenters. The molecule has 3 heteroatoms. The first-order valence-corrected chi connectivity index (χ1v) is 7.82. The van der Waals surface area contributed by atoms with Gasteiger partial charge in [-0.15, -0.1) is 0 Å². The zero-order valence-corrected chi connectivity index (χ0v) is 13.6. The van der Waals surface area contributed by atoms with Gasteiger partial charge in [-0.25, -0.2) is 0 Å². The number of benzene rings is 1. The highest BCUT2D eigenvalue weighted by Gasteiger charge is 2.12. The minimum absolute atomic E-state index is 0.363. The number of rotatable bonds is 6. The number of nitrogens with zero attached hydrogens (tertiary/aromatic N) is 2. The number of aryl methyl sites for hydroxylation is 4. The van der Waals surface area contributed by atoms with E-state index in [0.29, 0.717) is 12.8 Å². The molecule has 0 amide bonds. The van der Waals surface area contributed by atoms with Gasteiger partial charge in [0.15, 0.2) is 0 Å². The van der Waals surface area contributed by atoms with Crippen LogP contribution in [-0.2, 0) is 25.8 Å². The maximum absolute atomic E-state index is 10.4. The van der Waals surface area contributed by atoms with Crippen LogP contribution in [0, 0.1) is 13.8 Å². The number of hydrogen-bond acceptors (Lipinski definition) is 2. The molecule has 21 heavy (non-hydrogen) atoms. The van der Waals surface area contributed by atoms with Crippen LogP contribution in [0.1, 0.15) is 41.9 Å². The third kappa shape index (κ3) is 4.18. The third-order valence-electron chi connectivity index (χ3n) is 3.77. The Morgan fingerprint density at radius 1 is 1.05 bits per heavy atom. The van der Waals surface area contributed by atoms with Gasteiger partial charge in [0, 0.05) is 18.7 Å². The standard InChI is InChI=1S/C18H26N2O/c1-5-16-11-17(20(6-2)19-16)12-18(21)10-15-8-13(3)7-14(4)9-15/h7-9,11,18,21H,5-6,10,12H2,1-4H3. The summed E-state index contributed by atoms with van der Waals surface area (Å²) in [6.45, 7) is 9.25. The molecule has 114 valence electrons. The van der Waals surface area contributed by atoms with E-state index < -0.39 is 0 Å². The summed E-state index contributed by atoms with van der Waals surface area (Å²) in [6.07, 6.45) is 1.93. The predicted molar refractivity (Wildman–Crippen MR) is 86.6 cm³/mol. The first-order valence-electron chi connectivity index (χ1n) is 7.82. The Bertz CT molecular complexity index is 581. The lowest BCUT2D eigenvalue weighted by Crippen LogP contribution is -2.17. The zero-order chi connectivity index (χ0) is 15.4. The Morgan fingerprint density at radius 3 is 2.29 bits per heavy atom. The van der Waals surface area contributed by atoms with Crippen molar-refractivity contribution < 1.29 is 5.11 Å². The maximum Gasteiger partial charge on any atom is 0.0635 e. The van der Waals surface area contributed by atoms with Gasteiger partial charge in [0.1, 0.15) is 0 Å². The monoisotopic (exact) mass is 286 g/mol. The van der Waals surface area contributed by atoms with Crippen LogP contribution in [0.2, 0.25) is 0 Å². The summed E-state index contributed by atoms with van der Waals surface area (Å²) in [7, 11) is 0. The van der Waals surface area contributed by atoms with Crippen LogP contribution >= 0.6 is 0 Å². The third-order valence-corrected chi connectivity index (χ3v) is 3.77. The summed E-state index contributed by atoms with van der Waals surface area (Å²) >= 11 is 0. The first-order chi connectivity index (χ1) is 10.0. The lowest BCUT2D eigenvalue weighted by atomic mass is 10.00. The largest absolute Gasteiger partial charge is 0.392 e. The summed E-state index contributed by atoms with van der Waals surface area (Å²) in [6, 6.07) is 8.60. The SMILES string of the molecule is CCc1cc(CC(O)Cc2cc(C)cc(C)c2)n(CC)n1. The fourth-order valence-electron chi connectivity index (χ4n) is 2.90. The number of aromatic nitrogens is 2. The lowest BCUT2D eigenvalue weighted by molar-refractivity contribution is 0.172. The molecular formula is C18H26N2O. The van der Waals surface area contributed by atoms with Crippen molar-refractivity contribution in [1.82, 2.24) is 9.78 Å². The van der Waals surface area contributed by atoms with Gasteiger partial charge in [0.25, 0.3) is 0 Å². The van der Waals surface area contributed by atoms with Crippen molar-refractivity contribution in [3.05, 3.63) is 52.3 Å². The van der Waals surface area contributed by atoms with Crippen LogP contribution in [0.25, 0.3) is 0 Å². The van der Waals surface area contributed by atoms with Crippen LogP contribution in [0.4, 0.5) is 0 Å². The molecule has 1 aromatic heterocycles. The molecule has 3 nitrogen and oxygen atoms in total. The topological polar surface area (TPSA) is 38.0 Å². The van der Waals surface area contributed by atoms with Crippen LogP contribution < -0.4 is 0 Å². The second kappa shape index (κ2) is 6.90. The Hall–Kier alpha value is -1.61. The molecule has 0 bridgehead atoms. The highest BCUT2D eigenvalue weighted by molar-refractivity contribution is 5.29. The number of aliphatic hydroxyl groups is 1. The van der Waals surface area contributed by atoms with Gasteiger partial charge >= 0.3 is 0 Å². The van der Waals surface area contributed by atoms with E-state index in [0.717, 1.165) is 24.4 Å². The Balaban J connectivity index is 2.07. The van der Waals surface area contributed by atoms with E-state index in [1.54, 1.807) is 0 Å². The van der Waals surface area contributed by atoms with Gasteiger partial charge in [0.2, 0.25) is 0 Å². The summed E-state index contributed by atoms with van der Waals surface area (Å²) in [4.78, 5) is 0. The Labute approximate surface area is 127 Å². The molecule has 1 aromatic carbocycles. The minimum Gasteiger partial charge on any atom is -0.392 e. The summed E-state index contributed by atoms with van der Waals surface area (Å²) in [5.41, 5.74) is 5.95. The molecule has 0 radical (unpaired) electrons. The van der Waals surface area contributed by atoms with Crippen molar-refractivity contribution in [3.8, 4) is 0 Å². The van der Waals surface area contributed by atoms with E-state index >= 15 is 0 Å². The highest BCUT2D eigenvalue weighted by atomic mass is 16.3. The summed E-state index contributed by atoms with van der Waals surface area (Å²) < 4.78 is 2.00. The Morgan fingerprint density at radius 2 is 1.71 bits per heavy atom. The van der Waals surface area contributed by atoms with Gasteiger partial charge in [-0.05, 0) is 45.2 Å². The van der Waals surface area contributed by atoms with Crippen molar-refractivity contribution in [2.45, 2.75) is 59.6 Å². The molecule has 0 aliphatic carbocycles. The normalized spacial score (nSPS) is 12.6. The van der Waals surface area contributed by atoms with E-state index in [-0.39, 0.29) is 6.10 Å². The van der Waals surface area contributed by atoms with E-state index in [4.69, 9.17) is 0 Å². The maximum atomic E-state index is 10.4. The van der Waals surface area contributed by atoms with Gasteiger partial charge in [-0.1, -0.05) is 36.2 Å². The van der Waals surface area contributed by atoms with Crippen LogP contribution in [0.3, 0.4) is 0 Å². The molecule has 0 spiro atoms. The van der Waals surface area contributed by atoms with Gasteiger partial charge in [-0.2, -0.15) is 5.10 Å². The molecule has 2 rings (SSSR count). The van der Waals surface area contributed by atoms with Crippen molar-refractivity contribution >= 4 is 0 Å². The highest BCUT2D eigenvalue weighted by Crippen LogP contribution is 2.14. The van der Waals surface area contributed by atoms with Gasteiger partial charge < -0.3 is 5.11 Å². The molecule has 0 aliphatic heterocycles. The molecule has 2 aromatic rings. The fraction of sp³-hybridized carbons (Fsp3) is 0.500. The van der Waals surface area contributed by atoms with Crippen molar-refractivity contribution in [2.24, 2.45) is 0 Å². The molecule has 0 aliphatic rings. The van der Waals surface area contributed by atoms with Gasteiger partial charge in [0.05, 0.1) is 11.8 Å². The number of hydrogen-bond donors (Lipinski definition) is 1. The average Bonchev–Trinajstić information content (AvgIpc) is 2.79. The second-order valence-electron chi connectivity index (χ2n) is 5.85. The van der Waals surface area contributed by atoms with Crippen molar-refractivity contribution in [3.63, 3.8) is 0 Å². The van der Waals surface area contributed by atoms with E-state index in [1.807, 2.05) is 4.68 Å². The molecular weight excluding hydrogens is 260 g/mol. The predicted octanol–water partition coefficient (Wildman–Crippen LogP) is 3.23. The fourth-order valence-corrected chi connectivity index (χ4v) is 2.90. The van der Waals surface area contributed by atoms with Crippen LogP contribution in [-0.4, -0.2) is 21.0 Å². The summed E-state index contributed by atoms with van der Waals surface area (Å²) in [5, 5.41) is 14.9. The Kier molecular flexibility index (Phi) is 5.18. The van der Waals surface area contributed by atoms with Crippen LogP contribution in [0.15, 0.2) is 24.3 Å². The molecule has 1 N–H and O–H groups in total. The van der Waals surface area contributed by atoms with E-state index in [1.165, 1.54) is 16.7 Å².